The minimum Gasteiger partial charge on any atom is -0.380 e. The summed E-state index contributed by atoms with van der Waals surface area (Å²) in [6.07, 6.45) is 2.11. The summed E-state index contributed by atoms with van der Waals surface area (Å²) in [5, 5.41) is -0.275. The van der Waals surface area contributed by atoms with E-state index >= 15 is 0 Å². The highest BCUT2D eigenvalue weighted by atomic mass is 32.2. The summed E-state index contributed by atoms with van der Waals surface area (Å²) in [6.45, 7) is 4.72. The van der Waals surface area contributed by atoms with Crippen LogP contribution in [0.3, 0.4) is 0 Å². The van der Waals surface area contributed by atoms with Crippen LogP contribution >= 0.6 is 19.6 Å². The van der Waals surface area contributed by atoms with E-state index in [9.17, 15) is 9.36 Å². The molecule has 0 aliphatic rings. The van der Waals surface area contributed by atoms with Crippen LogP contribution in [-0.4, -0.2) is 42.2 Å². The molecule has 0 heterocycles. The first-order valence-corrected chi connectivity index (χ1v) is 8.63. The molecule has 0 aromatic carbocycles. The third-order valence-electron chi connectivity index (χ3n) is 2.06. The van der Waals surface area contributed by atoms with Gasteiger partial charge in [-0.3, -0.25) is 13.8 Å². The maximum atomic E-state index is 11.6. The van der Waals surface area contributed by atoms with Gasteiger partial charge in [-0.25, -0.2) is 4.57 Å². The smallest absolute Gasteiger partial charge is 0.380 e. The number of phosphoric acid groups is 1. The van der Waals surface area contributed by atoms with E-state index in [0.29, 0.717) is 19.6 Å². The zero-order valence-electron chi connectivity index (χ0n) is 11.7. The Hall–Kier alpha value is 0.0900. The molecule has 114 valence electrons. The highest BCUT2D eigenvalue weighted by Gasteiger charge is 2.23. The minimum atomic E-state index is -4.01. The van der Waals surface area contributed by atoms with Crippen molar-refractivity contribution < 1.29 is 28.0 Å². The van der Waals surface area contributed by atoms with Gasteiger partial charge in [-0.05, 0) is 12.8 Å². The number of carbonyl (C=O) groups is 1. The van der Waals surface area contributed by atoms with Gasteiger partial charge in [0.15, 0.2) is 5.12 Å². The van der Waals surface area contributed by atoms with E-state index in [1.54, 1.807) is 0 Å². The lowest BCUT2D eigenvalue weighted by Gasteiger charge is -2.17. The monoisotopic (exact) mass is 314 g/mol. The van der Waals surface area contributed by atoms with Crippen molar-refractivity contribution in [1.29, 1.82) is 0 Å². The molecule has 8 heteroatoms. The summed E-state index contributed by atoms with van der Waals surface area (Å²) >= 11 is 1.09. The summed E-state index contributed by atoms with van der Waals surface area (Å²) in [6, 6.07) is 0. The Morgan fingerprint density at radius 3 is 2.53 bits per heavy atom. The normalized spacial score (nSPS) is 16.0. The van der Waals surface area contributed by atoms with Crippen molar-refractivity contribution in [3.8, 4) is 0 Å². The molecule has 0 fully saturated rings. The SMILES string of the molecule is CCCOC[C@@H](COP(=O)(O)OC)SC(=O)CCC. The van der Waals surface area contributed by atoms with Crippen LogP contribution in [0.5, 0.6) is 0 Å². The van der Waals surface area contributed by atoms with E-state index in [4.69, 9.17) is 14.2 Å². The van der Waals surface area contributed by atoms with E-state index in [-0.39, 0.29) is 17.0 Å². The first-order chi connectivity index (χ1) is 8.95. The van der Waals surface area contributed by atoms with Crippen molar-refractivity contribution in [2.75, 3.05) is 26.9 Å². The lowest BCUT2D eigenvalue weighted by atomic mass is 10.4. The predicted octanol–water partition coefficient (Wildman–Crippen LogP) is 2.60. The number of thioether (sulfide) groups is 1. The van der Waals surface area contributed by atoms with E-state index in [0.717, 1.165) is 31.7 Å². The average Bonchev–Trinajstić information content (AvgIpc) is 2.36. The molecule has 0 aromatic rings. The van der Waals surface area contributed by atoms with E-state index in [1.807, 2.05) is 13.8 Å². The van der Waals surface area contributed by atoms with Gasteiger partial charge in [0, 0.05) is 20.1 Å². The molecular weight excluding hydrogens is 291 g/mol. The molecule has 19 heavy (non-hydrogen) atoms. The van der Waals surface area contributed by atoms with Crippen molar-refractivity contribution in [3.05, 3.63) is 0 Å². The van der Waals surface area contributed by atoms with Crippen molar-refractivity contribution in [2.24, 2.45) is 0 Å². The second-order valence-electron chi connectivity index (χ2n) is 3.88. The van der Waals surface area contributed by atoms with Gasteiger partial charge in [0.1, 0.15) is 0 Å². The number of hydrogen-bond acceptors (Lipinski definition) is 6. The van der Waals surface area contributed by atoms with E-state index in [1.165, 1.54) is 0 Å². The summed E-state index contributed by atoms with van der Waals surface area (Å²) in [5.74, 6) is 0. The lowest BCUT2D eigenvalue weighted by molar-refractivity contribution is -0.111. The molecule has 6 nitrogen and oxygen atoms in total. The van der Waals surface area contributed by atoms with Gasteiger partial charge in [0.2, 0.25) is 0 Å². The van der Waals surface area contributed by atoms with Crippen LogP contribution in [0.4, 0.5) is 0 Å². The van der Waals surface area contributed by atoms with Crippen LogP contribution in [0.2, 0.25) is 0 Å². The summed E-state index contributed by atoms with van der Waals surface area (Å²) in [5.41, 5.74) is 0. The van der Waals surface area contributed by atoms with Gasteiger partial charge < -0.3 is 9.63 Å². The number of carbonyl (C=O) groups excluding carboxylic acids is 1. The average molecular weight is 314 g/mol. The fraction of sp³-hybridized carbons (Fsp3) is 0.909. The van der Waals surface area contributed by atoms with Crippen molar-refractivity contribution in [3.63, 3.8) is 0 Å². The standard InChI is InChI=1S/C11H23O6PS/c1-4-6-11(12)19-10(8-16-7-5-2)9-17-18(13,14)15-3/h10H,4-9H2,1-3H3,(H,13,14)/t10-/m0/s1. The highest BCUT2D eigenvalue weighted by molar-refractivity contribution is 8.14. The third-order valence-corrected chi connectivity index (χ3v) is 4.07. The molecule has 0 rings (SSSR count). The van der Waals surface area contributed by atoms with Crippen LogP contribution in [-0.2, 0) is 23.1 Å². The number of hydrogen-bond donors (Lipinski definition) is 1. The van der Waals surface area contributed by atoms with Crippen LogP contribution in [0.25, 0.3) is 0 Å². The third kappa shape index (κ3) is 10.5. The Balaban J connectivity index is 4.24. The number of rotatable bonds is 11. The minimum absolute atomic E-state index is 0.0291. The quantitative estimate of drug-likeness (QED) is 0.463. The lowest BCUT2D eigenvalue weighted by Crippen LogP contribution is -2.21. The van der Waals surface area contributed by atoms with Gasteiger partial charge in [0.05, 0.1) is 18.5 Å². The summed E-state index contributed by atoms with van der Waals surface area (Å²) in [7, 11) is -2.91. The van der Waals surface area contributed by atoms with Gasteiger partial charge >= 0.3 is 7.82 Å². The molecular formula is C11H23O6PS. The van der Waals surface area contributed by atoms with Gasteiger partial charge in [-0.2, -0.15) is 0 Å². The van der Waals surface area contributed by atoms with Crippen LogP contribution in [0.1, 0.15) is 33.1 Å². The Bertz CT molecular complexity index is 299. The zero-order chi connectivity index (χ0) is 14.7. The van der Waals surface area contributed by atoms with E-state index in [2.05, 4.69) is 4.52 Å². The molecule has 0 radical (unpaired) electrons. The highest BCUT2D eigenvalue weighted by Crippen LogP contribution is 2.42. The van der Waals surface area contributed by atoms with Crippen molar-refractivity contribution >= 4 is 24.7 Å². The Morgan fingerprint density at radius 1 is 1.32 bits per heavy atom. The van der Waals surface area contributed by atoms with Gasteiger partial charge in [-0.1, -0.05) is 25.6 Å². The molecule has 0 aliphatic heterocycles. The number of phosphoric ester groups is 1. The van der Waals surface area contributed by atoms with Crippen LogP contribution in [0.15, 0.2) is 0 Å². The van der Waals surface area contributed by atoms with Crippen LogP contribution < -0.4 is 0 Å². The van der Waals surface area contributed by atoms with Crippen LogP contribution in [0, 0.1) is 0 Å². The largest absolute Gasteiger partial charge is 0.471 e. The Morgan fingerprint density at radius 2 is 2.00 bits per heavy atom. The molecule has 0 aliphatic carbocycles. The fourth-order valence-corrected chi connectivity index (χ4v) is 2.72. The molecule has 0 bridgehead atoms. The summed E-state index contributed by atoms with van der Waals surface area (Å²) < 4.78 is 25.7. The topological polar surface area (TPSA) is 82.1 Å². The fourth-order valence-electron chi connectivity index (χ4n) is 1.15. The Kier molecular flexibility index (Phi) is 10.9. The molecule has 0 spiro atoms. The van der Waals surface area contributed by atoms with Crippen molar-refractivity contribution in [2.45, 2.75) is 38.4 Å². The first kappa shape index (κ1) is 19.1. The summed E-state index contributed by atoms with van der Waals surface area (Å²) in [4.78, 5) is 20.7. The molecule has 0 saturated carbocycles. The molecule has 0 saturated heterocycles. The van der Waals surface area contributed by atoms with Gasteiger partial charge in [-0.15, -0.1) is 0 Å². The van der Waals surface area contributed by atoms with Crippen molar-refractivity contribution in [1.82, 2.24) is 0 Å². The maximum absolute atomic E-state index is 11.6. The second kappa shape index (κ2) is 10.8. The molecule has 1 N–H and O–H groups in total. The Labute approximate surface area is 118 Å². The second-order valence-corrected chi connectivity index (χ2v) is 6.80. The predicted molar refractivity (Wildman–Crippen MR) is 75.2 cm³/mol. The molecule has 2 atom stereocenters. The van der Waals surface area contributed by atoms with E-state index < -0.39 is 7.82 Å². The zero-order valence-corrected chi connectivity index (χ0v) is 13.4. The molecule has 0 amide bonds. The molecule has 1 unspecified atom stereocenters. The number of ether oxygens (including phenoxy) is 1. The van der Waals surface area contributed by atoms with Gasteiger partial charge in [0.25, 0.3) is 0 Å². The first-order valence-electron chi connectivity index (χ1n) is 6.25. The maximum Gasteiger partial charge on any atom is 0.471 e. The molecule has 0 aromatic heterocycles.